The van der Waals surface area contributed by atoms with E-state index < -0.39 is 0 Å². The van der Waals surface area contributed by atoms with Crippen molar-refractivity contribution < 1.29 is 4.74 Å². The molecule has 1 saturated heterocycles. The maximum absolute atomic E-state index is 8.84. The molecule has 1 aliphatic heterocycles. The molecule has 15 heavy (non-hydrogen) atoms. The number of nitriles is 1. The summed E-state index contributed by atoms with van der Waals surface area (Å²) >= 11 is 3.50. The quantitative estimate of drug-likeness (QED) is 0.782. The summed E-state index contributed by atoms with van der Waals surface area (Å²) < 4.78 is 6.33. The van der Waals surface area contributed by atoms with Crippen LogP contribution in [0.4, 0.5) is 5.69 Å². The predicted octanol–water partition coefficient (Wildman–Crippen LogP) is 2.16. The molecule has 0 saturated carbocycles. The number of rotatable bonds is 1. The molecule has 1 fully saturated rings. The van der Waals surface area contributed by atoms with E-state index in [1.54, 1.807) is 0 Å². The zero-order chi connectivity index (χ0) is 10.7. The molecule has 2 rings (SSSR count). The highest BCUT2D eigenvalue weighted by atomic mass is 79.9. The zero-order valence-electron chi connectivity index (χ0n) is 8.24. The van der Waals surface area contributed by atoms with E-state index in [4.69, 9.17) is 10.00 Å². The molecule has 0 amide bonds. The first-order valence-electron chi connectivity index (χ1n) is 4.83. The molecule has 0 aliphatic carbocycles. The molecule has 0 aromatic heterocycles. The lowest BCUT2D eigenvalue weighted by atomic mass is 10.2. The van der Waals surface area contributed by atoms with E-state index in [0.717, 1.165) is 36.5 Å². The molecule has 0 N–H and O–H groups in total. The third kappa shape index (κ3) is 2.31. The molecular formula is C11H11BrN2O. The summed E-state index contributed by atoms with van der Waals surface area (Å²) in [6, 6.07) is 7.80. The van der Waals surface area contributed by atoms with Crippen LogP contribution in [0.25, 0.3) is 0 Å². The smallest absolute Gasteiger partial charge is 0.0992 e. The molecule has 3 nitrogen and oxygen atoms in total. The van der Waals surface area contributed by atoms with Crippen LogP contribution in [0.5, 0.6) is 0 Å². The molecule has 0 bridgehead atoms. The number of halogens is 1. The van der Waals surface area contributed by atoms with Crippen LogP contribution in [0.15, 0.2) is 22.7 Å². The second kappa shape index (κ2) is 4.65. The maximum Gasteiger partial charge on any atom is 0.0992 e. The van der Waals surface area contributed by atoms with Crippen molar-refractivity contribution in [3.05, 3.63) is 28.2 Å². The van der Waals surface area contributed by atoms with Gasteiger partial charge < -0.3 is 9.64 Å². The van der Waals surface area contributed by atoms with Crippen molar-refractivity contribution in [3.63, 3.8) is 0 Å². The first kappa shape index (κ1) is 10.5. The average Bonchev–Trinajstić information content (AvgIpc) is 2.31. The number of nitrogens with zero attached hydrogens (tertiary/aromatic N) is 2. The first-order chi connectivity index (χ1) is 7.31. The number of hydrogen-bond acceptors (Lipinski definition) is 3. The summed E-state index contributed by atoms with van der Waals surface area (Å²) in [6.07, 6.45) is 0. The zero-order valence-corrected chi connectivity index (χ0v) is 9.83. The highest BCUT2D eigenvalue weighted by Gasteiger charge is 2.14. The fourth-order valence-electron chi connectivity index (χ4n) is 1.63. The van der Waals surface area contributed by atoms with Gasteiger partial charge in [0.25, 0.3) is 0 Å². The summed E-state index contributed by atoms with van der Waals surface area (Å²) in [5, 5.41) is 8.84. The van der Waals surface area contributed by atoms with Gasteiger partial charge in [-0.15, -0.1) is 0 Å². The van der Waals surface area contributed by atoms with Crippen LogP contribution in [-0.4, -0.2) is 26.3 Å². The second-order valence-electron chi connectivity index (χ2n) is 3.38. The van der Waals surface area contributed by atoms with Gasteiger partial charge in [-0.25, -0.2) is 0 Å². The molecule has 1 aromatic rings. The second-order valence-corrected chi connectivity index (χ2v) is 4.23. The van der Waals surface area contributed by atoms with Gasteiger partial charge in [0.15, 0.2) is 0 Å². The fraction of sp³-hybridized carbons (Fsp3) is 0.364. The van der Waals surface area contributed by atoms with Gasteiger partial charge in [-0.2, -0.15) is 5.26 Å². The minimum absolute atomic E-state index is 0.694. The van der Waals surface area contributed by atoms with E-state index in [0.29, 0.717) is 5.56 Å². The van der Waals surface area contributed by atoms with Crippen molar-refractivity contribution in [2.24, 2.45) is 0 Å². The van der Waals surface area contributed by atoms with Gasteiger partial charge in [-0.3, -0.25) is 0 Å². The van der Waals surface area contributed by atoms with Gasteiger partial charge in [-0.05, 0) is 34.1 Å². The first-order valence-corrected chi connectivity index (χ1v) is 5.63. The standard InChI is InChI=1S/C11H11BrN2O/c12-10-2-1-9(8-13)7-11(10)14-3-5-15-6-4-14/h1-2,7H,3-6H2. The molecule has 0 unspecified atom stereocenters. The van der Waals surface area contributed by atoms with Crippen LogP contribution in [-0.2, 0) is 4.74 Å². The van der Waals surface area contributed by atoms with E-state index in [-0.39, 0.29) is 0 Å². The van der Waals surface area contributed by atoms with Crippen LogP contribution in [0.3, 0.4) is 0 Å². The lowest BCUT2D eigenvalue weighted by molar-refractivity contribution is 0.122. The van der Waals surface area contributed by atoms with Crippen molar-refractivity contribution in [3.8, 4) is 6.07 Å². The minimum Gasteiger partial charge on any atom is -0.378 e. The molecule has 0 atom stereocenters. The van der Waals surface area contributed by atoms with Crippen molar-refractivity contribution in [1.82, 2.24) is 0 Å². The van der Waals surface area contributed by atoms with Crippen LogP contribution in [0.1, 0.15) is 5.56 Å². The molecule has 0 spiro atoms. The fourth-order valence-corrected chi connectivity index (χ4v) is 2.13. The Balaban J connectivity index is 2.29. The third-order valence-corrected chi connectivity index (χ3v) is 3.10. The number of benzene rings is 1. The Bertz CT molecular complexity index is 394. The molecule has 0 radical (unpaired) electrons. The SMILES string of the molecule is N#Cc1ccc(Br)c(N2CCOCC2)c1. The largest absolute Gasteiger partial charge is 0.378 e. The highest BCUT2D eigenvalue weighted by Crippen LogP contribution is 2.27. The lowest BCUT2D eigenvalue weighted by Gasteiger charge is -2.29. The molecule has 1 aliphatic rings. The van der Waals surface area contributed by atoms with Crippen molar-refractivity contribution >= 4 is 21.6 Å². The Morgan fingerprint density at radius 3 is 2.73 bits per heavy atom. The van der Waals surface area contributed by atoms with Crippen LogP contribution in [0, 0.1) is 11.3 Å². The summed E-state index contributed by atoms with van der Waals surface area (Å²) in [5.41, 5.74) is 1.78. The number of hydrogen-bond donors (Lipinski definition) is 0. The van der Waals surface area contributed by atoms with E-state index >= 15 is 0 Å². The minimum atomic E-state index is 0.694. The Kier molecular flexibility index (Phi) is 3.24. The Labute approximate surface area is 97.4 Å². The highest BCUT2D eigenvalue weighted by molar-refractivity contribution is 9.10. The van der Waals surface area contributed by atoms with Gasteiger partial charge >= 0.3 is 0 Å². The van der Waals surface area contributed by atoms with Crippen molar-refractivity contribution in [2.75, 3.05) is 31.2 Å². The molecule has 1 aromatic carbocycles. The average molecular weight is 267 g/mol. The molecule has 4 heteroatoms. The van der Waals surface area contributed by atoms with Gasteiger partial charge in [0.05, 0.1) is 30.5 Å². The maximum atomic E-state index is 8.84. The Hall–Kier alpha value is -1.05. The topological polar surface area (TPSA) is 36.3 Å². The van der Waals surface area contributed by atoms with E-state index in [1.807, 2.05) is 18.2 Å². The lowest BCUT2D eigenvalue weighted by Crippen LogP contribution is -2.36. The number of ether oxygens (including phenoxy) is 1. The van der Waals surface area contributed by atoms with Gasteiger partial charge in [0.2, 0.25) is 0 Å². The van der Waals surface area contributed by atoms with Crippen LogP contribution in [0.2, 0.25) is 0 Å². The summed E-state index contributed by atoms with van der Waals surface area (Å²) in [6.45, 7) is 3.27. The van der Waals surface area contributed by atoms with Crippen LogP contribution < -0.4 is 4.90 Å². The molecular weight excluding hydrogens is 256 g/mol. The van der Waals surface area contributed by atoms with Gasteiger partial charge in [-0.1, -0.05) is 0 Å². The van der Waals surface area contributed by atoms with E-state index in [2.05, 4.69) is 26.9 Å². The Morgan fingerprint density at radius 1 is 1.33 bits per heavy atom. The predicted molar refractivity (Wildman–Crippen MR) is 61.9 cm³/mol. The monoisotopic (exact) mass is 266 g/mol. The Morgan fingerprint density at radius 2 is 2.07 bits per heavy atom. The van der Waals surface area contributed by atoms with Crippen LogP contribution >= 0.6 is 15.9 Å². The summed E-state index contributed by atoms with van der Waals surface area (Å²) in [5.74, 6) is 0. The number of anilines is 1. The van der Waals surface area contributed by atoms with Gasteiger partial charge in [0, 0.05) is 17.6 Å². The molecule has 1 heterocycles. The van der Waals surface area contributed by atoms with Crippen molar-refractivity contribution in [1.29, 1.82) is 5.26 Å². The third-order valence-electron chi connectivity index (χ3n) is 2.43. The summed E-state index contributed by atoms with van der Waals surface area (Å²) in [7, 11) is 0. The van der Waals surface area contributed by atoms with Gasteiger partial charge in [0.1, 0.15) is 0 Å². The molecule has 78 valence electrons. The normalized spacial score (nSPS) is 16.1. The van der Waals surface area contributed by atoms with E-state index in [9.17, 15) is 0 Å². The van der Waals surface area contributed by atoms with E-state index in [1.165, 1.54) is 0 Å². The summed E-state index contributed by atoms with van der Waals surface area (Å²) in [4.78, 5) is 2.23. The number of morpholine rings is 1. The van der Waals surface area contributed by atoms with Crippen molar-refractivity contribution in [2.45, 2.75) is 0 Å².